The van der Waals surface area contributed by atoms with Gasteiger partial charge in [0.25, 0.3) is 0 Å². The van der Waals surface area contributed by atoms with Gasteiger partial charge in [0.05, 0.1) is 12.7 Å². The van der Waals surface area contributed by atoms with Crippen molar-refractivity contribution in [2.45, 2.75) is 37.3 Å². The molecule has 0 aliphatic carbocycles. The van der Waals surface area contributed by atoms with E-state index in [0.717, 1.165) is 16.4 Å². The Labute approximate surface area is 126 Å². The summed E-state index contributed by atoms with van der Waals surface area (Å²) < 4.78 is 73.0. The number of alkyl halides is 3. The van der Waals surface area contributed by atoms with Crippen LogP contribution in [0.4, 0.5) is 13.2 Å². The molecule has 1 aliphatic rings. The minimum absolute atomic E-state index is 0.0733. The molecule has 2 atom stereocenters. The van der Waals surface area contributed by atoms with Crippen LogP contribution in [0.25, 0.3) is 0 Å². The molecule has 5 nitrogen and oxygen atoms in total. The summed E-state index contributed by atoms with van der Waals surface area (Å²) in [4.78, 5) is -0.506. The number of nitrogens with zero attached hydrogens (tertiary/aromatic N) is 1. The van der Waals surface area contributed by atoms with Crippen LogP contribution in [0.1, 0.15) is 13.8 Å². The second-order valence-electron chi connectivity index (χ2n) is 5.06. The van der Waals surface area contributed by atoms with Crippen molar-refractivity contribution < 1.29 is 31.1 Å². The highest BCUT2D eigenvalue weighted by Gasteiger charge is 2.38. The third kappa shape index (κ3) is 3.71. The van der Waals surface area contributed by atoms with Crippen LogP contribution in [0, 0.1) is 0 Å². The van der Waals surface area contributed by atoms with Gasteiger partial charge in [-0.25, -0.2) is 8.42 Å². The second-order valence-corrected chi connectivity index (χ2v) is 6.92. The Morgan fingerprint density at radius 2 is 1.91 bits per heavy atom. The summed E-state index contributed by atoms with van der Waals surface area (Å²) >= 11 is 0. The molecule has 9 heteroatoms. The summed E-state index contributed by atoms with van der Waals surface area (Å²) in [6.07, 6.45) is -5.29. The first-order valence-corrected chi connectivity index (χ1v) is 8.03. The Bertz CT molecular complexity index is 632. The SMILES string of the molecule is C[C@@H]1CN(S(=O)(=O)c2ccccc2OC(F)(F)F)[C@H](C)CO1. The van der Waals surface area contributed by atoms with Gasteiger partial charge in [-0.15, -0.1) is 13.2 Å². The Hall–Kier alpha value is -1.32. The molecule has 0 N–H and O–H groups in total. The summed E-state index contributed by atoms with van der Waals surface area (Å²) in [5.41, 5.74) is 0. The van der Waals surface area contributed by atoms with Gasteiger partial charge < -0.3 is 9.47 Å². The first kappa shape index (κ1) is 17.0. The number of ether oxygens (including phenoxy) is 2. The lowest BCUT2D eigenvalue weighted by atomic mass is 10.2. The lowest BCUT2D eigenvalue weighted by molar-refractivity contribution is -0.275. The highest BCUT2D eigenvalue weighted by Crippen LogP contribution is 2.32. The molecular weight excluding hydrogens is 323 g/mol. The number of hydrogen-bond donors (Lipinski definition) is 0. The molecule has 1 aromatic rings. The van der Waals surface area contributed by atoms with Crippen LogP contribution in [0.3, 0.4) is 0 Å². The summed E-state index contributed by atoms with van der Waals surface area (Å²) in [5.74, 6) is -0.735. The van der Waals surface area contributed by atoms with Crippen molar-refractivity contribution in [3.63, 3.8) is 0 Å². The molecular formula is C13H16F3NO4S. The van der Waals surface area contributed by atoms with Crippen LogP contribution in [-0.4, -0.2) is 44.4 Å². The number of halogens is 3. The maximum atomic E-state index is 12.7. The Kier molecular flexibility index (Phi) is 4.69. The van der Waals surface area contributed by atoms with Gasteiger partial charge in [0.1, 0.15) is 10.6 Å². The van der Waals surface area contributed by atoms with Gasteiger partial charge >= 0.3 is 6.36 Å². The predicted molar refractivity (Wildman–Crippen MR) is 71.9 cm³/mol. The molecule has 0 amide bonds. The topological polar surface area (TPSA) is 55.8 Å². The number of rotatable bonds is 3. The highest BCUT2D eigenvalue weighted by atomic mass is 32.2. The molecule has 0 unspecified atom stereocenters. The van der Waals surface area contributed by atoms with Gasteiger partial charge in [-0.3, -0.25) is 0 Å². The fourth-order valence-corrected chi connectivity index (χ4v) is 4.01. The molecule has 0 saturated carbocycles. The predicted octanol–water partition coefficient (Wildman–Crippen LogP) is 2.38. The zero-order valence-electron chi connectivity index (χ0n) is 12.0. The van der Waals surface area contributed by atoms with E-state index in [1.54, 1.807) is 13.8 Å². The molecule has 1 saturated heterocycles. The molecule has 0 radical (unpaired) electrons. The molecule has 1 aliphatic heterocycles. The number of benzene rings is 1. The zero-order valence-corrected chi connectivity index (χ0v) is 12.8. The van der Waals surface area contributed by atoms with Gasteiger partial charge in [0.2, 0.25) is 10.0 Å². The Morgan fingerprint density at radius 1 is 1.27 bits per heavy atom. The van der Waals surface area contributed by atoms with E-state index in [0.29, 0.717) is 0 Å². The molecule has 1 aromatic carbocycles. The van der Waals surface area contributed by atoms with E-state index in [-0.39, 0.29) is 19.3 Å². The van der Waals surface area contributed by atoms with Crippen LogP contribution in [-0.2, 0) is 14.8 Å². The smallest absolute Gasteiger partial charge is 0.404 e. The molecule has 1 fully saturated rings. The highest BCUT2D eigenvalue weighted by molar-refractivity contribution is 7.89. The Balaban J connectivity index is 2.41. The van der Waals surface area contributed by atoms with E-state index >= 15 is 0 Å². The monoisotopic (exact) mass is 339 g/mol. The Morgan fingerprint density at radius 3 is 2.55 bits per heavy atom. The van der Waals surface area contributed by atoms with Crippen molar-refractivity contribution in [1.82, 2.24) is 4.31 Å². The fraction of sp³-hybridized carbons (Fsp3) is 0.538. The van der Waals surface area contributed by atoms with Crippen LogP contribution in [0.5, 0.6) is 5.75 Å². The molecule has 1 heterocycles. The standard InChI is InChI=1S/C13H16F3NO4S/c1-9-8-20-10(2)7-17(9)22(18,19)12-6-4-3-5-11(12)21-13(14,15)16/h3-6,9-10H,7-8H2,1-2H3/t9-,10-/m1/s1. The van der Waals surface area contributed by atoms with Crippen LogP contribution >= 0.6 is 0 Å². The third-order valence-corrected chi connectivity index (χ3v) is 5.23. The largest absolute Gasteiger partial charge is 0.573 e. The number of morpholine rings is 1. The summed E-state index contributed by atoms with van der Waals surface area (Å²) in [6, 6.07) is 4.24. The van der Waals surface area contributed by atoms with Crippen LogP contribution < -0.4 is 4.74 Å². The van der Waals surface area contributed by atoms with E-state index < -0.39 is 33.1 Å². The van der Waals surface area contributed by atoms with E-state index in [9.17, 15) is 21.6 Å². The van der Waals surface area contributed by atoms with Gasteiger partial charge in [0, 0.05) is 12.6 Å². The fourth-order valence-electron chi connectivity index (χ4n) is 2.21. The minimum atomic E-state index is -4.96. The zero-order chi connectivity index (χ0) is 16.5. The lowest BCUT2D eigenvalue weighted by Crippen LogP contribution is -2.50. The maximum absolute atomic E-state index is 12.7. The van der Waals surface area contributed by atoms with Crippen molar-refractivity contribution in [3.05, 3.63) is 24.3 Å². The summed E-state index contributed by atoms with van der Waals surface area (Å²) in [7, 11) is -4.12. The first-order valence-electron chi connectivity index (χ1n) is 6.59. The van der Waals surface area contributed by atoms with E-state index in [4.69, 9.17) is 4.74 Å². The molecule has 0 aromatic heterocycles. The summed E-state index contributed by atoms with van der Waals surface area (Å²) in [6.45, 7) is 3.59. The third-order valence-electron chi connectivity index (χ3n) is 3.21. The number of hydrogen-bond acceptors (Lipinski definition) is 4. The molecule has 124 valence electrons. The second kappa shape index (κ2) is 6.05. The minimum Gasteiger partial charge on any atom is -0.404 e. The van der Waals surface area contributed by atoms with Crippen molar-refractivity contribution in [3.8, 4) is 5.75 Å². The normalized spacial score (nSPS) is 24.2. The van der Waals surface area contributed by atoms with E-state index in [1.165, 1.54) is 12.1 Å². The molecule has 0 bridgehead atoms. The molecule has 22 heavy (non-hydrogen) atoms. The van der Waals surface area contributed by atoms with E-state index in [2.05, 4.69) is 4.74 Å². The van der Waals surface area contributed by atoms with Gasteiger partial charge in [-0.1, -0.05) is 12.1 Å². The van der Waals surface area contributed by atoms with E-state index in [1.807, 2.05) is 0 Å². The molecule has 0 spiro atoms. The average Bonchev–Trinajstić information content (AvgIpc) is 2.40. The average molecular weight is 339 g/mol. The van der Waals surface area contributed by atoms with Crippen molar-refractivity contribution in [1.29, 1.82) is 0 Å². The lowest BCUT2D eigenvalue weighted by Gasteiger charge is -2.35. The number of para-hydroxylation sites is 1. The van der Waals surface area contributed by atoms with Crippen molar-refractivity contribution in [2.75, 3.05) is 13.2 Å². The summed E-state index contributed by atoms with van der Waals surface area (Å²) in [5, 5.41) is 0. The first-order chi connectivity index (χ1) is 10.1. The van der Waals surface area contributed by atoms with Crippen molar-refractivity contribution >= 4 is 10.0 Å². The number of sulfonamides is 1. The van der Waals surface area contributed by atoms with Crippen LogP contribution in [0.15, 0.2) is 29.2 Å². The van der Waals surface area contributed by atoms with Crippen LogP contribution in [0.2, 0.25) is 0 Å². The van der Waals surface area contributed by atoms with Crippen molar-refractivity contribution in [2.24, 2.45) is 0 Å². The molecule has 2 rings (SSSR count). The van der Waals surface area contributed by atoms with Gasteiger partial charge in [-0.05, 0) is 26.0 Å². The maximum Gasteiger partial charge on any atom is 0.573 e. The van der Waals surface area contributed by atoms with Gasteiger partial charge in [-0.2, -0.15) is 4.31 Å². The quantitative estimate of drug-likeness (QED) is 0.848. The van der Waals surface area contributed by atoms with Gasteiger partial charge in [0.15, 0.2) is 0 Å².